The van der Waals surface area contributed by atoms with Crippen molar-refractivity contribution in [3.63, 3.8) is 0 Å². The van der Waals surface area contributed by atoms with E-state index in [0.29, 0.717) is 11.8 Å². The number of alkyl halides is 1. The fourth-order valence-corrected chi connectivity index (χ4v) is 7.47. The first kappa shape index (κ1) is 15.9. The number of hydrogen-bond donors (Lipinski definition) is 1. The van der Waals surface area contributed by atoms with Crippen molar-refractivity contribution in [2.24, 2.45) is 17.3 Å². The van der Waals surface area contributed by atoms with Crippen LogP contribution in [0, 0.1) is 17.3 Å². The van der Waals surface area contributed by atoms with E-state index in [2.05, 4.69) is 21.2 Å². The fourth-order valence-electron chi connectivity index (χ4n) is 6.01. The van der Waals surface area contributed by atoms with Crippen molar-refractivity contribution in [1.82, 2.24) is 5.32 Å². The van der Waals surface area contributed by atoms with Crippen molar-refractivity contribution in [2.75, 3.05) is 6.61 Å². The molecule has 0 aliphatic heterocycles. The average molecular weight is 384 g/mol. The van der Waals surface area contributed by atoms with Crippen LogP contribution in [0.5, 0.6) is 0 Å². The second kappa shape index (κ2) is 5.75. The van der Waals surface area contributed by atoms with Crippen molar-refractivity contribution < 1.29 is 14.3 Å². The molecule has 0 radical (unpaired) electrons. The standard InChI is InChI=1S/C18H26BrNO3/c19-18-8-12-5-13(9-18)7-17(6-12,11-18)16(22)23-10-15(21)20-14-3-1-2-4-14/h12-14H,1-11H2,(H,20,21)/t12-,13-,17?,18?/m0/s1. The lowest BCUT2D eigenvalue weighted by Gasteiger charge is -2.58. The smallest absolute Gasteiger partial charge is 0.312 e. The lowest BCUT2D eigenvalue weighted by Crippen LogP contribution is -2.56. The van der Waals surface area contributed by atoms with E-state index in [0.717, 1.165) is 32.1 Å². The quantitative estimate of drug-likeness (QED) is 0.598. The van der Waals surface area contributed by atoms with Crippen molar-refractivity contribution in [1.29, 1.82) is 0 Å². The van der Waals surface area contributed by atoms with Crippen LogP contribution in [0.15, 0.2) is 0 Å². The molecular formula is C18H26BrNO3. The topological polar surface area (TPSA) is 55.4 Å². The Bertz CT molecular complexity index is 500. The van der Waals surface area contributed by atoms with Gasteiger partial charge in [0, 0.05) is 10.4 Å². The third-order valence-corrected chi connectivity index (χ3v) is 7.41. The molecule has 1 N–H and O–H groups in total. The zero-order valence-electron chi connectivity index (χ0n) is 13.6. The summed E-state index contributed by atoms with van der Waals surface area (Å²) >= 11 is 3.91. The molecule has 0 aromatic rings. The monoisotopic (exact) mass is 383 g/mol. The van der Waals surface area contributed by atoms with Crippen LogP contribution < -0.4 is 5.32 Å². The van der Waals surface area contributed by atoms with Gasteiger partial charge in [0.2, 0.25) is 0 Å². The SMILES string of the molecule is O=C(COC(=O)C12C[C@@H]3C[C@H](CC(Br)(C3)C1)C2)NC1CCCC1. The molecule has 5 aliphatic rings. The predicted octanol–water partition coefficient (Wildman–Crippen LogP) is 3.32. The lowest BCUT2D eigenvalue weighted by atomic mass is 9.49. The molecule has 2 atom stereocenters. The van der Waals surface area contributed by atoms with Gasteiger partial charge < -0.3 is 10.1 Å². The minimum absolute atomic E-state index is 0.109. The Balaban J connectivity index is 1.34. The Morgan fingerprint density at radius 2 is 1.74 bits per heavy atom. The third kappa shape index (κ3) is 3.06. The predicted molar refractivity (Wildman–Crippen MR) is 90.1 cm³/mol. The molecule has 5 saturated carbocycles. The third-order valence-electron chi connectivity index (χ3n) is 6.48. The van der Waals surface area contributed by atoms with E-state index in [1.165, 1.54) is 32.1 Å². The minimum atomic E-state index is -0.332. The highest BCUT2D eigenvalue weighted by molar-refractivity contribution is 9.10. The van der Waals surface area contributed by atoms with Crippen LogP contribution in [-0.4, -0.2) is 28.8 Å². The van der Waals surface area contributed by atoms with Gasteiger partial charge in [-0.15, -0.1) is 0 Å². The van der Waals surface area contributed by atoms with Gasteiger partial charge in [-0.1, -0.05) is 28.8 Å². The summed E-state index contributed by atoms with van der Waals surface area (Å²) in [5.41, 5.74) is -0.332. The number of carbonyl (C=O) groups is 2. The second-order valence-electron chi connectivity index (χ2n) is 8.52. The number of amides is 1. The first-order valence-electron chi connectivity index (χ1n) is 9.12. The second-order valence-corrected chi connectivity index (χ2v) is 10.2. The molecule has 0 unspecified atom stereocenters. The van der Waals surface area contributed by atoms with Gasteiger partial charge in [0.1, 0.15) is 0 Å². The summed E-state index contributed by atoms with van der Waals surface area (Å²) in [6, 6.07) is 0.284. The Hall–Kier alpha value is -0.580. The minimum Gasteiger partial charge on any atom is -0.455 e. The van der Waals surface area contributed by atoms with Gasteiger partial charge in [0.05, 0.1) is 5.41 Å². The van der Waals surface area contributed by atoms with Gasteiger partial charge in [0.25, 0.3) is 5.91 Å². The molecule has 5 heteroatoms. The van der Waals surface area contributed by atoms with Gasteiger partial charge in [-0.25, -0.2) is 0 Å². The number of hydrogen-bond acceptors (Lipinski definition) is 3. The molecule has 23 heavy (non-hydrogen) atoms. The van der Waals surface area contributed by atoms with Crippen LogP contribution in [0.2, 0.25) is 0 Å². The van der Waals surface area contributed by atoms with E-state index in [4.69, 9.17) is 4.74 Å². The molecule has 5 aliphatic carbocycles. The van der Waals surface area contributed by atoms with Crippen molar-refractivity contribution >= 4 is 27.8 Å². The fraction of sp³-hybridized carbons (Fsp3) is 0.889. The molecule has 0 spiro atoms. The molecule has 4 nitrogen and oxygen atoms in total. The number of esters is 1. The number of rotatable bonds is 4. The summed E-state index contributed by atoms with van der Waals surface area (Å²) in [4.78, 5) is 24.8. The van der Waals surface area contributed by atoms with Gasteiger partial charge in [-0.05, 0) is 63.2 Å². The molecule has 0 heterocycles. The van der Waals surface area contributed by atoms with E-state index in [9.17, 15) is 9.59 Å². The molecule has 128 valence electrons. The Labute approximate surface area is 146 Å². The van der Waals surface area contributed by atoms with Gasteiger partial charge in [-0.2, -0.15) is 0 Å². The maximum Gasteiger partial charge on any atom is 0.312 e. The van der Waals surface area contributed by atoms with Crippen LogP contribution in [0.4, 0.5) is 0 Å². The average Bonchev–Trinajstić information content (AvgIpc) is 2.95. The van der Waals surface area contributed by atoms with E-state index in [1.807, 2.05) is 0 Å². The van der Waals surface area contributed by atoms with Gasteiger partial charge in [-0.3, -0.25) is 9.59 Å². The first-order valence-corrected chi connectivity index (χ1v) is 9.91. The van der Waals surface area contributed by atoms with Crippen LogP contribution in [0.1, 0.15) is 64.2 Å². The summed E-state index contributed by atoms with van der Waals surface area (Å²) in [5, 5.41) is 2.99. The summed E-state index contributed by atoms with van der Waals surface area (Å²) in [6.45, 7) is -0.109. The lowest BCUT2D eigenvalue weighted by molar-refractivity contribution is -0.171. The Morgan fingerprint density at radius 3 is 2.35 bits per heavy atom. The van der Waals surface area contributed by atoms with Crippen LogP contribution in [-0.2, 0) is 14.3 Å². The Kier molecular flexibility index (Phi) is 3.98. The molecule has 5 rings (SSSR count). The molecule has 4 bridgehead atoms. The van der Waals surface area contributed by atoms with Crippen LogP contribution in [0.25, 0.3) is 0 Å². The zero-order chi connectivity index (χ0) is 16.1. The van der Waals surface area contributed by atoms with Gasteiger partial charge in [0.15, 0.2) is 6.61 Å². The van der Waals surface area contributed by atoms with Crippen molar-refractivity contribution in [3.05, 3.63) is 0 Å². The molecule has 1 amide bonds. The van der Waals surface area contributed by atoms with Crippen LogP contribution >= 0.6 is 15.9 Å². The normalized spacial score (nSPS) is 42.0. The summed E-state index contributed by atoms with van der Waals surface area (Å²) in [7, 11) is 0. The molecule has 0 saturated heterocycles. The van der Waals surface area contributed by atoms with Crippen LogP contribution in [0.3, 0.4) is 0 Å². The van der Waals surface area contributed by atoms with Gasteiger partial charge >= 0.3 is 5.97 Å². The van der Waals surface area contributed by atoms with E-state index in [1.54, 1.807) is 0 Å². The summed E-state index contributed by atoms with van der Waals surface area (Å²) in [6.07, 6.45) is 10.9. The number of ether oxygens (including phenoxy) is 1. The molecule has 5 fully saturated rings. The molecule has 0 aromatic heterocycles. The van der Waals surface area contributed by atoms with Crippen molar-refractivity contribution in [3.8, 4) is 0 Å². The van der Waals surface area contributed by atoms with E-state index < -0.39 is 0 Å². The Morgan fingerprint density at radius 1 is 1.09 bits per heavy atom. The highest BCUT2D eigenvalue weighted by atomic mass is 79.9. The molecule has 0 aromatic carbocycles. The molecular weight excluding hydrogens is 358 g/mol. The highest BCUT2D eigenvalue weighted by Crippen LogP contribution is 2.64. The zero-order valence-corrected chi connectivity index (χ0v) is 15.2. The van der Waals surface area contributed by atoms with E-state index in [-0.39, 0.29) is 34.3 Å². The number of carbonyl (C=O) groups excluding carboxylic acids is 2. The largest absolute Gasteiger partial charge is 0.455 e. The summed E-state index contributed by atoms with van der Waals surface area (Å²) < 4.78 is 5.61. The summed E-state index contributed by atoms with van der Waals surface area (Å²) in [5.74, 6) is 1.03. The number of halogens is 1. The first-order chi connectivity index (χ1) is 11.0. The highest BCUT2D eigenvalue weighted by Gasteiger charge is 2.60. The van der Waals surface area contributed by atoms with Crippen molar-refractivity contribution in [2.45, 2.75) is 74.6 Å². The van der Waals surface area contributed by atoms with E-state index >= 15 is 0 Å². The number of nitrogens with one attached hydrogen (secondary N) is 1. The maximum atomic E-state index is 12.8. The maximum absolute atomic E-state index is 12.8.